The van der Waals surface area contributed by atoms with E-state index in [1.807, 2.05) is 20.8 Å². The fourth-order valence-corrected chi connectivity index (χ4v) is 6.02. The average molecular weight is 408 g/mol. The van der Waals surface area contributed by atoms with Crippen molar-refractivity contribution in [3.05, 3.63) is 29.8 Å². The molecule has 1 amide bonds. The van der Waals surface area contributed by atoms with Gasteiger partial charge in [-0.15, -0.1) is 0 Å². The second kappa shape index (κ2) is 5.66. The third kappa shape index (κ3) is 2.16. The quantitative estimate of drug-likeness (QED) is 0.613. The number of methoxy groups -OCH3 is 1. The Hall–Kier alpha value is -1.69. The van der Waals surface area contributed by atoms with E-state index >= 15 is 0 Å². The maximum atomic E-state index is 13.2. The second-order valence-corrected chi connectivity index (χ2v) is 8.59. The van der Waals surface area contributed by atoms with Gasteiger partial charge in [0.2, 0.25) is 5.91 Å². The van der Waals surface area contributed by atoms with E-state index in [0.717, 1.165) is 6.42 Å². The molecule has 0 saturated heterocycles. The number of ketones is 1. The highest BCUT2D eigenvalue weighted by Gasteiger charge is 2.76. The van der Waals surface area contributed by atoms with Crippen LogP contribution < -0.4 is 5.32 Å². The van der Waals surface area contributed by atoms with Gasteiger partial charge in [-0.05, 0) is 42.5 Å². The van der Waals surface area contributed by atoms with Crippen molar-refractivity contribution in [3.63, 3.8) is 0 Å². The summed E-state index contributed by atoms with van der Waals surface area (Å²) in [6, 6.07) is 6.55. The molecule has 0 spiro atoms. The number of benzene rings is 1. The molecular formula is C19H22BrNO4. The summed E-state index contributed by atoms with van der Waals surface area (Å²) < 4.78 is 4.67. The van der Waals surface area contributed by atoms with Crippen molar-refractivity contribution in [2.45, 2.75) is 38.4 Å². The maximum absolute atomic E-state index is 13.2. The highest BCUT2D eigenvalue weighted by atomic mass is 79.9. The van der Waals surface area contributed by atoms with Crippen molar-refractivity contribution in [2.24, 2.45) is 16.2 Å². The van der Waals surface area contributed by atoms with Gasteiger partial charge in [-0.2, -0.15) is 0 Å². The standard InChI is InChI=1S/C19H22BrNO4/c1-17(2)18(3)9-10-19(17,13(20)14(18)22)16(24)21-12-7-5-11(6-8-12)15(23)25-4/h5-8,13H,9-10H2,1-4H3,(H,21,24)/t13-,18-,19-/m1/s1. The third-order valence-electron chi connectivity index (χ3n) is 6.69. The van der Waals surface area contributed by atoms with Crippen molar-refractivity contribution in [1.82, 2.24) is 0 Å². The molecule has 2 aliphatic carbocycles. The molecule has 0 aromatic heterocycles. The molecule has 0 aliphatic heterocycles. The van der Waals surface area contributed by atoms with Gasteiger partial charge in [-0.25, -0.2) is 4.79 Å². The van der Waals surface area contributed by atoms with Crippen molar-refractivity contribution in [1.29, 1.82) is 0 Å². The number of carbonyl (C=O) groups excluding carboxylic acids is 3. The molecule has 1 N–H and O–H groups in total. The number of hydrogen-bond acceptors (Lipinski definition) is 4. The second-order valence-electron chi connectivity index (χ2n) is 7.68. The number of hydrogen-bond donors (Lipinski definition) is 1. The van der Waals surface area contributed by atoms with Crippen LogP contribution in [0.5, 0.6) is 0 Å². The summed E-state index contributed by atoms with van der Waals surface area (Å²) in [4.78, 5) is 37.0. The molecule has 2 aliphatic rings. The summed E-state index contributed by atoms with van der Waals surface area (Å²) in [5, 5.41) is 2.94. The minimum absolute atomic E-state index is 0.111. The van der Waals surface area contributed by atoms with Gasteiger partial charge in [0, 0.05) is 11.1 Å². The highest BCUT2D eigenvalue weighted by Crippen LogP contribution is 2.72. The lowest BCUT2D eigenvalue weighted by Crippen LogP contribution is -2.47. The van der Waals surface area contributed by atoms with Crippen molar-refractivity contribution in [2.75, 3.05) is 12.4 Å². The van der Waals surface area contributed by atoms with Crippen LogP contribution in [0.25, 0.3) is 0 Å². The molecule has 2 saturated carbocycles. The fraction of sp³-hybridized carbons (Fsp3) is 0.526. The summed E-state index contributed by atoms with van der Waals surface area (Å²) in [5.41, 5.74) is -0.702. The number of alkyl halides is 1. The van der Waals surface area contributed by atoms with Crippen molar-refractivity contribution < 1.29 is 19.1 Å². The van der Waals surface area contributed by atoms with Gasteiger partial charge in [-0.3, -0.25) is 9.59 Å². The molecule has 3 atom stereocenters. The van der Waals surface area contributed by atoms with Gasteiger partial charge in [0.15, 0.2) is 5.78 Å². The van der Waals surface area contributed by atoms with Gasteiger partial charge in [0.1, 0.15) is 0 Å². The zero-order valence-electron chi connectivity index (χ0n) is 14.8. The lowest BCUT2D eigenvalue weighted by Gasteiger charge is -2.39. The first-order valence-corrected chi connectivity index (χ1v) is 9.21. The van der Waals surface area contributed by atoms with E-state index in [9.17, 15) is 14.4 Å². The molecule has 3 rings (SSSR count). The van der Waals surface area contributed by atoms with E-state index in [-0.39, 0.29) is 11.7 Å². The molecule has 2 bridgehead atoms. The van der Waals surface area contributed by atoms with E-state index in [4.69, 9.17) is 0 Å². The lowest BCUT2D eigenvalue weighted by molar-refractivity contribution is -0.130. The van der Waals surface area contributed by atoms with E-state index in [0.29, 0.717) is 17.7 Å². The number of ether oxygens (including phenoxy) is 1. The summed E-state index contributed by atoms with van der Waals surface area (Å²) in [6.45, 7) is 6.00. The smallest absolute Gasteiger partial charge is 0.337 e. The van der Waals surface area contributed by atoms with Crippen LogP contribution in [0.3, 0.4) is 0 Å². The number of halogens is 1. The molecular weight excluding hydrogens is 386 g/mol. The average Bonchev–Trinajstić information content (AvgIpc) is 2.86. The Kier molecular flexibility index (Phi) is 4.10. The van der Waals surface area contributed by atoms with Crippen LogP contribution in [0.15, 0.2) is 24.3 Å². The Morgan fingerprint density at radius 1 is 1.16 bits per heavy atom. The largest absolute Gasteiger partial charge is 0.465 e. The van der Waals surface area contributed by atoms with Crippen LogP contribution in [-0.2, 0) is 14.3 Å². The Morgan fingerprint density at radius 3 is 2.24 bits per heavy atom. The monoisotopic (exact) mass is 407 g/mol. The first kappa shape index (κ1) is 18.1. The van der Waals surface area contributed by atoms with E-state index in [2.05, 4.69) is 26.0 Å². The summed E-state index contributed by atoms with van der Waals surface area (Å²) in [6.07, 6.45) is 1.39. The highest BCUT2D eigenvalue weighted by molar-refractivity contribution is 9.10. The molecule has 0 unspecified atom stereocenters. The molecule has 2 fully saturated rings. The van der Waals surface area contributed by atoms with Crippen molar-refractivity contribution >= 4 is 39.3 Å². The third-order valence-corrected chi connectivity index (χ3v) is 7.89. The summed E-state index contributed by atoms with van der Waals surface area (Å²) in [5.74, 6) is -0.467. The number of rotatable bonds is 3. The zero-order chi connectivity index (χ0) is 18.6. The number of Topliss-reactive ketones (excluding diaryl/α,β-unsaturated/α-hetero) is 1. The minimum atomic E-state index is -0.778. The summed E-state index contributed by atoms with van der Waals surface area (Å²) in [7, 11) is 1.32. The number of fused-ring (bicyclic) bond motifs is 2. The molecule has 1 aromatic rings. The van der Waals surface area contributed by atoms with E-state index in [1.165, 1.54) is 7.11 Å². The van der Waals surface area contributed by atoms with Crippen LogP contribution in [0, 0.1) is 16.2 Å². The van der Waals surface area contributed by atoms with Crippen LogP contribution in [-0.4, -0.2) is 29.6 Å². The first-order chi connectivity index (χ1) is 11.6. The molecule has 6 heteroatoms. The van der Waals surface area contributed by atoms with Gasteiger partial charge in [0.05, 0.1) is 22.9 Å². The van der Waals surface area contributed by atoms with Crippen LogP contribution in [0.4, 0.5) is 5.69 Å². The van der Waals surface area contributed by atoms with Crippen molar-refractivity contribution in [3.8, 4) is 0 Å². The van der Waals surface area contributed by atoms with Crippen LogP contribution in [0.1, 0.15) is 44.0 Å². The minimum Gasteiger partial charge on any atom is -0.465 e. The number of esters is 1. The summed E-state index contributed by atoms with van der Waals surface area (Å²) >= 11 is 3.51. The first-order valence-electron chi connectivity index (χ1n) is 8.30. The normalized spacial score (nSPS) is 32.5. The number of anilines is 1. The number of amides is 1. The van der Waals surface area contributed by atoms with E-state index < -0.39 is 27.0 Å². The predicted molar refractivity (Wildman–Crippen MR) is 97.7 cm³/mol. The number of carbonyl (C=O) groups is 3. The Balaban J connectivity index is 1.89. The Bertz CT molecular complexity index is 757. The van der Waals surface area contributed by atoms with Crippen LogP contribution >= 0.6 is 15.9 Å². The van der Waals surface area contributed by atoms with Crippen LogP contribution in [0.2, 0.25) is 0 Å². The van der Waals surface area contributed by atoms with Gasteiger partial charge in [0.25, 0.3) is 0 Å². The molecule has 5 nitrogen and oxygen atoms in total. The molecule has 1 aromatic carbocycles. The topological polar surface area (TPSA) is 72.5 Å². The van der Waals surface area contributed by atoms with Gasteiger partial charge in [-0.1, -0.05) is 36.7 Å². The van der Waals surface area contributed by atoms with Gasteiger partial charge < -0.3 is 10.1 Å². The number of nitrogens with one attached hydrogen (secondary N) is 1. The Labute approximate surface area is 155 Å². The SMILES string of the molecule is COC(=O)c1ccc(NC(=O)[C@@]23CC[C@](C)(C(=O)[C@H]2Br)C3(C)C)cc1. The predicted octanol–water partition coefficient (Wildman–Crippen LogP) is 3.57. The molecule has 0 heterocycles. The maximum Gasteiger partial charge on any atom is 0.337 e. The van der Waals surface area contributed by atoms with Gasteiger partial charge >= 0.3 is 5.97 Å². The lowest BCUT2D eigenvalue weighted by atomic mass is 9.64. The molecule has 134 valence electrons. The molecule has 25 heavy (non-hydrogen) atoms. The Morgan fingerprint density at radius 2 is 1.76 bits per heavy atom. The fourth-order valence-electron chi connectivity index (χ4n) is 4.51. The molecule has 0 radical (unpaired) electrons. The van der Waals surface area contributed by atoms with E-state index in [1.54, 1.807) is 24.3 Å². The zero-order valence-corrected chi connectivity index (χ0v) is 16.4.